The molecule has 0 saturated carbocycles. The second kappa shape index (κ2) is 4.87. The third-order valence-electron chi connectivity index (χ3n) is 3.31. The lowest BCUT2D eigenvalue weighted by Gasteiger charge is -2.21. The van der Waals surface area contributed by atoms with Crippen molar-refractivity contribution in [1.82, 2.24) is 4.90 Å². The lowest BCUT2D eigenvalue weighted by molar-refractivity contribution is -0.128. The van der Waals surface area contributed by atoms with Crippen LogP contribution < -0.4 is 0 Å². The Morgan fingerprint density at radius 1 is 1.41 bits per heavy atom. The van der Waals surface area contributed by atoms with Crippen molar-refractivity contribution in [2.75, 3.05) is 13.1 Å². The van der Waals surface area contributed by atoms with Crippen LogP contribution in [0.4, 0.5) is 0 Å². The zero-order valence-electron chi connectivity index (χ0n) is 9.96. The Kier molecular flexibility index (Phi) is 3.64. The van der Waals surface area contributed by atoms with E-state index in [4.69, 9.17) is 23.2 Å². The zero-order chi connectivity index (χ0) is 12.6. The number of halogens is 2. The molecule has 1 atom stereocenters. The fourth-order valence-electron chi connectivity index (χ4n) is 2.41. The standard InChI is InChI=1S/C13H15Cl2NO/c1-8-7-16(9(2)17)6-5-10-3-4-11(14)13(15)12(8)10/h3-4,8H,5-7H2,1-2H3/t8-/m0/s1. The van der Waals surface area contributed by atoms with Crippen LogP contribution in [0.3, 0.4) is 0 Å². The van der Waals surface area contributed by atoms with Gasteiger partial charge in [-0.05, 0) is 23.6 Å². The number of fused-ring (bicyclic) bond motifs is 1. The number of rotatable bonds is 0. The van der Waals surface area contributed by atoms with E-state index in [1.807, 2.05) is 17.0 Å². The zero-order valence-corrected chi connectivity index (χ0v) is 11.5. The lowest BCUT2D eigenvalue weighted by atomic mass is 9.95. The highest BCUT2D eigenvalue weighted by Crippen LogP contribution is 2.36. The molecule has 1 aliphatic heterocycles. The molecule has 0 radical (unpaired) electrons. The molecule has 2 nitrogen and oxygen atoms in total. The summed E-state index contributed by atoms with van der Waals surface area (Å²) < 4.78 is 0. The first kappa shape index (κ1) is 12.7. The molecule has 4 heteroatoms. The van der Waals surface area contributed by atoms with Crippen molar-refractivity contribution in [3.63, 3.8) is 0 Å². The molecule has 0 spiro atoms. The van der Waals surface area contributed by atoms with Gasteiger partial charge in [0.15, 0.2) is 0 Å². The number of amides is 1. The molecule has 0 fully saturated rings. The van der Waals surface area contributed by atoms with Gasteiger partial charge in [-0.1, -0.05) is 36.2 Å². The van der Waals surface area contributed by atoms with E-state index in [1.54, 1.807) is 6.92 Å². The maximum Gasteiger partial charge on any atom is 0.219 e. The topological polar surface area (TPSA) is 20.3 Å². The van der Waals surface area contributed by atoms with Gasteiger partial charge in [-0.2, -0.15) is 0 Å². The Labute approximate surface area is 112 Å². The minimum Gasteiger partial charge on any atom is -0.342 e. The Morgan fingerprint density at radius 3 is 2.76 bits per heavy atom. The molecule has 1 aromatic rings. The molecule has 0 unspecified atom stereocenters. The van der Waals surface area contributed by atoms with Gasteiger partial charge >= 0.3 is 0 Å². The van der Waals surface area contributed by atoms with Crippen LogP contribution in [0.5, 0.6) is 0 Å². The summed E-state index contributed by atoms with van der Waals surface area (Å²) in [6, 6.07) is 3.85. The number of carbonyl (C=O) groups is 1. The number of carbonyl (C=O) groups excluding carboxylic acids is 1. The molecular weight excluding hydrogens is 257 g/mol. The quantitative estimate of drug-likeness (QED) is 0.707. The van der Waals surface area contributed by atoms with Crippen molar-refractivity contribution in [3.8, 4) is 0 Å². The van der Waals surface area contributed by atoms with Crippen LogP contribution in [-0.4, -0.2) is 23.9 Å². The molecule has 0 saturated heterocycles. The predicted molar refractivity (Wildman–Crippen MR) is 70.8 cm³/mol. The second-order valence-corrected chi connectivity index (χ2v) is 5.34. The van der Waals surface area contributed by atoms with Gasteiger partial charge in [0, 0.05) is 25.9 Å². The fourth-order valence-corrected chi connectivity index (χ4v) is 2.95. The Bertz CT molecular complexity index is 459. The largest absolute Gasteiger partial charge is 0.342 e. The molecule has 1 amide bonds. The molecule has 0 bridgehead atoms. The number of benzene rings is 1. The van der Waals surface area contributed by atoms with Crippen molar-refractivity contribution < 1.29 is 4.79 Å². The Morgan fingerprint density at radius 2 is 2.12 bits per heavy atom. The van der Waals surface area contributed by atoms with E-state index in [0.717, 1.165) is 18.5 Å². The van der Waals surface area contributed by atoms with Gasteiger partial charge in [-0.15, -0.1) is 0 Å². The maximum absolute atomic E-state index is 11.5. The highest BCUT2D eigenvalue weighted by atomic mass is 35.5. The van der Waals surface area contributed by atoms with E-state index < -0.39 is 0 Å². The van der Waals surface area contributed by atoms with Crippen LogP contribution in [0.15, 0.2) is 12.1 Å². The van der Waals surface area contributed by atoms with Crippen LogP contribution >= 0.6 is 23.2 Å². The molecule has 0 aliphatic carbocycles. The van der Waals surface area contributed by atoms with Gasteiger partial charge < -0.3 is 4.90 Å². The molecule has 1 aliphatic rings. The van der Waals surface area contributed by atoms with E-state index in [0.29, 0.717) is 16.6 Å². The molecule has 17 heavy (non-hydrogen) atoms. The number of hydrogen-bond acceptors (Lipinski definition) is 1. The Hall–Kier alpha value is -0.730. The second-order valence-electron chi connectivity index (χ2n) is 4.55. The summed E-state index contributed by atoms with van der Waals surface area (Å²) in [5.41, 5.74) is 2.30. The molecule has 1 aromatic carbocycles. The van der Waals surface area contributed by atoms with E-state index in [1.165, 1.54) is 5.56 Å². The third-order valence-corrected chi connectivity index (χ3v) is 4.13. The first-order valence-electron chi connectivity index (χ1n) is 5.73. The van der Waals surface area contributed by atoms with E-state index in [2.05, 4.69) is 6.92 Å². The summed E-state index contributed by atoms with van der Waals surface area (Å²) in [4.78, 5) is 13.3. The van der Waals surface area contributed by atoms with Gasteiger partial charge in [0.1, 0.15) is 0 Å². The Balaban J connectivity index is 2.41. The van der Waals surface area contributed by atoms with Gasteiger partial charge in [-0.3, -0.25) is 4.79 Å². The van der Waals surface area contributed by atoms with Gasteiger partial charge in [0.2, 0.25) is 5.91 Å². The highest BCUT2D eigenvalue weighted by Gasteiger charge is 2.24. The molecule has 2 rings (SSSR count). The van der Waals surface area contributed by atoms with Gasteiger partial charge in [0.05, 0.1) is 10.0 Å². The predicted octanol–water partition coefficient (Wildman–Crippen LogP) is 3.50. The third kappa shape index (κ3) is 2.43. The molecule has 1 heterocycles. The van der Waals surface area contributed by atoms with E-state index >= 15 is 0 Å². The number of nitrogens with zero attached hydrogens (tertiary/aromatic N) is 1. The lowest BCUT2D eigenvalue weighted by Crippen LogP contribution is -2.32. The van der Waals surface area contributed by atoms with Crippen molar-refractivity contribution in [2.45, 2.75) is 26.2 Å². The first-order valence-corrected chi connectivity index (χ1v) is 6.48. The summed E-state index contributed by atoms with van der Waals surface area (Å²) in [6.07, 6.45) is 0.843. The minimum atomic E-state index is 0.117. The first-order chi connectivity index (χ1) is 8.00. The average Bonchev–Trinajstić information content (AvgIpc) is 2.43. The SMILES string of the molecule is CC(=O)N1CCc2ccc(Cl)c(Cl)c2[C@@H](C)C1. The summed E-state index contributed by atoms with van der Waals surface area (Å²) in [7, 11) is 0. The van der Waals surface area contributed by atoms with Crippen LogP contribution in [0.1, 0.15) is 30.9 Å². The normalized spacial score (nSPS) is 19.8. The van der Waals surface area contributed by atoms with E-state index in [9.17, 15) is 4.79 Å². The van der Waals surface area contributed by atoms with Crippen molar-refractivity contribution in [2.24, 2.45) is 0 Å². The molecule has 92 valence electrons. The van der Waals surface area contributed by atoms with Crippen LogP contribution in [0, 0.1) is 0 Å². The average molecular weight is 272 g/mol. The fraction of sp³-hybridized carbons (Fsp3) is 0.462. The van der Waals surface area contributed by atoms with Crippen molar-refractivity contribution in [1.29, 1.82) is 0 Å². The highest BCUT2D eigenvalue weighted by molar-refractivity contribution is 6.42. The summed E-state index contributed by atoms with van der Waals surface area (Å²) in [5, 5.41) is 1.23. The van der Waals surface area contributed by atoms with Crippen LogP contribution in [0.25, 0.3) is 0 Å². The molecule has 0 aromatic heterocycles. The summed E-state index contributed by atoms with van der Waals surface area (Å²) >= 11 is 12.3. The van der Waals surface area contributed by atoms with E-state index in [-0.39, 0.29) is 11.8 Å². The molecule has 0 N–H and O–H groups in total. The summed E-state index contributed by atoms with van der Waals surface area (Å²) in [6.45, 7) is 5.16. The summed E-state index contributed by atoms with van der Waals surface area (Å²) in [5.74, 6) is 0.342. The van der Waals surface area contributed by atoms with Gasteiger partial charge in [-0.25, -0.2) is 0 Å². The number of hydrogen-bond donors (Lipinski definition) is 0. The monoisotopic (exact) mass is 271 g/mol. The van der Waals surface area contributed by atoms with Crippen LogP contribution in [0.2, 0.25) is 10.0 Å². The van der Waals surface area contributed by atoms with Gasteiger partial charge in [0.25, 0.3) is 0 Å². The molecular formula is C13H15Cl2NO. The van der Waals surface area contributed by atoms with Crippen molar-refractivity contribution in [3.05, 3.63) is 33.3 Å². The van der Waals surface area contributed by atoms with Crippen LogP contribution in [-0.2, 0) is 11.2 Å². The smallest absolute Gasteiger partial charge is 0.219 e. The van der Waals surface area contributed by atoms with Crippen molar-refractivity contribution >= 4 is 29.1 Å². The maximum atomic E-state index is 11.5. The minimum absolute atomic E-state index is 0.117.